The molecule has 1 N–H and O–H groups in total. The van der Waals surface area contributed by atoms with E-state index < -0.39 is 0 Å². The second-order valence-corrected chi connectivity index (χ2v) is 7.46. The smallest absolute Gasteiger partial charge is 0.136 e. The van der Waals surface area contributed by atoms with Gasteiger partial charge in [-0.05, 0) is 19.3 Å². The fourth-order valence-corrected chi connectivity index (χ4v) is 3.18. The molecule has 0 aromatic carbocycles. The van der Waals surface area contributed by atoms with Gasteiger partial charge in [-0.1, -0.05) is 20.8 Å². The lowest BCUT2D eigenvalue weighted by atomic mass is 9.95. The first kappa shape index (κ1) is 16.9. The summed E-state index contributed by atoms with van der Waals surface area (Å²) >= 11 is 0. The Morgan fingerprint density at radius 1 is 1.29 bits per heavy atom. The van der Waals surface area contributed by atoms with E-state index in [0.29, 0.717) is 12.6 Å². The van der Waals surface area contributed by atoms with Crippen LogP contribution in [-0.2, 0) is 16.8 Å². The number of aromatic amines is 1. The Kier molecular flexibility index (Phi) is 4.85. The van der Waals surface area contributed by atoms with Gasteiger partial charge >= 0.3 is 0 Å². The molecule has 1 unspecified atom stereocenters. The maximum absolute atomic E-state index is 5.31. The van der Waals surface area contributed by atoms with Crippen LogP contribution in [0, 0.1) is 0 Å². The number of aromatic nitrogens is 4. The quantitative estimate of drug-likeness (QED) is 0.931. The number of methoxy groups -OCH3 is 1. The Morgan fingerprint density at radius 3 is 2.79 bits per heavy atom. The van der Waals surface area contributed by atoms with Crippen molar-refractivity contribution in [2.75, 3.05) is 18.6 Å². The van der Waals surface area contributed by atoms with Crippen LogP contribution in [0.4, 0.5) is 5.82 Å². The molecule has 6 heteroatoms. The first-order valence-corrected chi connectivity index (χ1v) is 8.62. The molecule has 0 spiro atoms. The van der Waals surface area contributed by atoms with E-state index in [2.05, 4.69) is 41.9 Å². The molecule has 0 radical (unpaired) electrons. The van der Waals surface area contributed by atoms with E-state index in [1.807, 2.05) is 12.4 Å². The van der Waals surface area contributed by atoms with E-state index in [9.17, 15) is 0 Å². The fraction of sp³-hybridized carbons (Fsp3) is 0.611. The van der Waals surface area contributed by atoms with Crippen LogP contribution in [0.25, 0.3) is 0 Å². The average Bonchev–Trinajstić information content (AvgIpc) is 3.08. The van der Waals surface area contributed by atoms with Gasteiger partial charge in [-0.3, -0.25) is 5.10 Å². The maximum atomic E-state index is 5.31. The zero-order valence-corrected chi connectivity index (χ0v) is 15.0. The maximum Gasteiger partial charge on any atom is 0.136 e. The molecule has 3 rings (SSSR count). The standard InChI is InChI=1S/C18H27N5O/c1-18(2,3)17-21-14(12-24-4)9-16(22-17)23-8-6-5-7-15(23)13-10-19-20-11-13/h9-11,15H,5-8,12H2,1-4H3,(H,19,20). The zero-order valence-electron chi connectivity index (χ0n) is 15.0. The Balaban J connectivity index is 2.00. The molecule has 1 saturated heterocycles. The first-order chi connectivity index (χ1) is 11.5. The highest BCUT2D eigenvalue weighted by Gasteiger charge is 2.28. The Hall–Kier alpha value is -1.95. The van der Waals surface area contributed by atoms with Crippen molar-refractivity contribution in [2.24, 2.45) is 0 Å². The molecule has 2 aromatic heterocycles. The van der Waals surface area contributed by atoms with Crippen LogP contribution in [0.5, 0.6) is 0 Å². The average molecular weight is 329 g/mol. The number of piperidine rings is 1. The van der Waals surface area contributed by atoms with E-state index in [0.717, 1.165) is 30.3 Å². The molecule has 130 valence electrons. The van der Waals surface area contributed by atoms with Crippen molar-refractivity contribution in [3.8, 4) is 0 Å². The SMILES string of the molecule is COCc1cc(N2CCCCC2c2cn[nH]c2)nc(C(C)(C)C)n1. The van der Waals surface area contributed by atoms with Crippen molar-refractivity contribution in [3.05, 3.63) is 35.5 Å². The second kappa shape index (κ2) is 6.89. The zero-order chi connectivity index (χ0) is 17.2. The number of hydrogen-bond donors (Lipinski definition) is 1. The number of H-pyrrole nitrogens is 1. The molecule has 1 aliphatic heterocycles. The topological polar surface area (TPSA) is 66.9 Å². The largest absolute Gasteiger partial charge is 0.378 e. The summed E-state index contributed by atoms with van der Waals surface area (Å²) in [5, 5.41) is 7.06. The normalized spacial score (nSPS) is 18.8. The van der Waals surface area contributed by atoms with Gasteiger partial charge in [0.1, 0.15) is 11.6 Å². The second-order valence-electron chi connectivity index (χ2n) is 7.46. The molecular formula is C18H27N5O. The molecule has 1 aliphatic rings. The minimum atomic E-state index is -0.0978. The van der Waals surface area contributed by atoms with E-state index in [4.69, 9.17) is 14.7 Å². The molecule has 0 amide bonds. The van der Waals surface area contributed by atoms with E-state index in [-0.39, 0.29) is 5.41 Å². The van der Waals surface area contributed by atoms with Gasteiger partial charge in [0, 0.05) is 36.9 Å². The highest BCUT2D eigenvalue weighted by Crippen LogP contribution is 2.34. The molecular weight excluding hydrogens is 302 g/mol. The molecule has 3 heterocycles. The van der Waals surface area contributed by atoms with Crippen molar-refractivity contribution in [2.45, 2.75) is 58.1 Å². The summed E-state index contributed by atoms with van der Waals surface area (Å²) in [6.07, 6.45) is 7.45. The summed E-state index contributed by atoms with van der Waals surface area (Å²) in [5.74, 6) is 1.86. The van der Waals surface area contributed by atoms with Crippen LogP contribution in [0.2, 0.25) is 0 Å². The number of ether oxygens (including phenoxy) is 1. The van der Waals surface area contributed by atoms with E-state index in [1.165, 1.54) is 18.4 Å². The van der Waals surface area contributed by atoms with Gasteiger partial charge in [-0.2, -0.15) is 5.10 Å². The van der Waals surface area contributed by atoms with Crippen LogP contribution in [0.1, 0.15) is 63.2 Å². The molecule has 2 aromatic rings. The number of anilines is 1. The monoisotopic (exact) mass is 329 g/mol. The molecule has 0 aliphatic carbocycles. The van der Waals surface area contributed by atoms with Gasteiger partial charge in [0.2, 0.25) is 0 Å². The Labute approximate surface area is 143 Å². The third kappa shape index (κ3) is 3.59. The van der Waals surface area contributed by atoms with Gasteiger partial charge in [0.25, 0.3) is 0 Å². The van der Waals surface area contributed by atoms with Gasteiger partial charge in [0.05, 0.1) is 24.5 Å². The molecule has 1 atom stereocenters. The molecule has 1 fully saturated rings. The Morgan fingerprint density at radius 2 is 2.12 bits per heavy atom. The third-order valence-electron chi connectivity index (χ3n) is 4.43. The van der Waals surface area contributed by atoms with Gasteiger partial charge in [-0.15, -0.1) is 0 Å². The van der Waals surface area contributed by atoms with Gasteiger partial charge in [-0.25, -0.2) is 9.97 Å². The number of nitrogens with zero attached hydrogens (tertiary/aromatic N) is 4. The third-order valence-corrected chi connectivity index (χ3v) is 4.43. The van der Waals surface area contributed by atoms with Gasteiger partial charge < -0.3 is 9.64 Å². The van der Waals surface area contributed by atoms with Crippen LogP contribution in [0.3, 0.4) is 0 Å². The lowest BCUT2D eigenvalue weighted by Crippen LogP contribution is -2.34. The van der Waals surface area contributed by atoms with Crippen molar-refractivity contribution < 1.29 is 4.74 Å². The van der Waals surface area contributed by atoms with Gasteiger partial charge in [0.15, 0.2) is 0 Å². The van der Waals surface area contributed by atoms with E-state index in [1.54, 1.807) is 7.11 Å². The number of hydrogen-bond acceptors (Lipinski definition) is 5. The number of nitrogens with one attached hydrogen (secondary N) is 1. The molecule has 0 bridgehead atoms. The lowest BCUT2D eigenvalue weighted by Gasteiger charge is -2.37. The highest BCUT2D eigenvalue weighted by molar-refractivity contribution is 5.44. The van der Waals surface area contributed by atoms with Crippen molar-refractivity contribution in [1.29, 1.82) is 0 Å². The van der Waals surface area contributed by atoms with Crippen LogP contribution in [0.15, 0.2) is 18.5 Å². The summed E-state index contributed by atoms with van der Waals surface area (Å²) in [6, 6.07) is 2.38. The summed E-state index contributed by atoms with van der Waals surface area (Å²) in [6.45, 7) is 7.94. The van der Waals surface area contributed by atoms with Crippen molar-refractivity contribution in [1.82, 2.24) is 20.2 Å². The van der Waals surface area contributed by atoms with Crippen molar-refractivity contribution >= 4 is 5.82 Å². The predicted molar refractivity (Wildman–Crippen MR) is 94.0 cm³/mol. The summed E-state index contributed by atoms with van der Waals surface area (Å²) in [5.41, 5.74) is 2.06. The first-order valence-electron chi connectivity index (χ1n) is 8.62. The predicted octanol–water partition coefficient (Wildman–Crippen LogP) is 3.38. The minimum absolute atomic E-state index is 0.0978. The molecule has 24 heavy (non-hydrogen) atoms. The highest BCUT2D eigenvalue weighted by atomic mass is 16.5. The number of rotatable bonds is 4. The summed E-state index contributed by atoms with van der Waals surface area (Å²) in [7, 11) is 1.70. The fourth-order valence-electron chi connectivity index (χ4n) is 3.18. The summed E-state index contributed by atoms with van der Waals surface area (Å²) < 4.78 is 5.31. The van der Waals surface area contributed by atoms with Crippen LogP contribution >= 0.6 is 0 Å². The minimum Gasteiger partial charge on any atom is -0.378 e. The van der Waals surface area contributed by atoms with Crippen LogP contribution < -0.4 is 4.90 Å². The molecule has 0 saturated carbocycles. The van der Waals surface area contributed by atoms with E-state index >= 15 is 0 Å². The Bertz CT molecular complexity index is 663. The summed E-state index contributed by atoms with van der Waals surface area (Å²) in [4.78, 5) is 12.0. The lowest BCUT2D eigenvalue weighted by molar-refractivity contribution is 0.181. The molecule has 6 nitrogen and oxygen atoms in total. The van der Waals surface area contributed by atoms with Crippen LogP contribution in [-0.4, -0.2) is 33.8 Å². The van der Waals surface area contributed by atoms with Crippen molar-refractivity contribution in [3.63, 3.8) is 0 Å².